The minimum atomic E-state index is -0.630. The van der Waals surface area contributed by atoms with E-state index in [1.807, 2.05) is 16.8 Å². The van der Waals surface area contributed by atoms with E-state index < -0.39 is 11.6 Å². The zero-order chi connectivity index (χ0) is 26.2. The molecule has 0 unspecified atom stereocenters. The number of terminal acetylenes is 1. The molecule has 5 heterocycles. The number of ether oxygens (including phenoxy) is 1. The van der Waals surface area contributed by atoms with Gasteiger partial charge < -0.3 is 19.9 Å². The van der Waals surface area contributed by atoms with Gasteiger partial charge in [0.05, 0.1) is 24.2 Å². The predicted octanol–water partition coefficient (Wildman–Crippen LogP) is 3.52. The van der Waals surface area contributed by atoms with Crippen LogP contribution >= 0.6 is 0 Å². The molecule has 2 saturated heterocycles. The summed E-state index contributed by atoms with van der Waals surface area (Å²) in [5, 5.41) is 4.99. The van der Waals surface area contributed by atoms with Crippen molar-refractivity contribution in [2.45, 2.75) is 18.9 Å². The van der Waals surface area contributed by atoms with Crippen LogP contribution in [0.2, 0.25) is 0 Å². The van der Waals surface area contributed by atoms with Gasteiger partial charge in [0, 0.05) is 67.7 Å². The molecule has 1 atom stereocenters. The summed E-state index contributed by atoms with van der Waals surface area (Å²) in [6.07, 6.45) is 12.5. The highest BCUT2D eigenvalue weighted by molar-refractivity contribution is 6.01. The van der Waals surface area contributed by atoms with Gasteiger partial charge in [-0.3, -0.25) is 9.97 Å². The molecular formula is C28H27F2N7O. The first kappa shape index (κ1) is 24.4. The lowest BCUT2D eigenvalue weighted by Crippen LogP contribution is -2.38. The molecule has 0 spiro atoms. The van der Waals surface area contributed by atoms with Crippen LogP contribution in [0.3, 0.4) is 0 Å². The number of halogens is 2. The average molecular weight is 516 g/mol. The second-order valence-corrected chi connectivity index (χ2v) is 9.66. The Morgan fingerprint density at radius 1 is 1.18 bits per heavy atom. The molecule has 0 radical (unpaired) electrons. The minimum Gasteiger partial charge on any atom is -0.378 e. The molecule has 0 saturated carbocycles. The fourth-order valence-corrected chi connectivity index (χ4v) is 5.31. The first-order chi connectivity index (χ1) is 18.5. The maximum Gasteiger partial charge on any atom is 0.228 e. The molecule has 2 aliphatic rings. The summed E-state index contributed by atoms with van der Waals surface area (Å²) >= 11 is 0. The van der Waals surface area contributed by atoms with E-state index in [4.69, 9.17) is 16.1 Å². The fraction of sp³-hybridized carbons (Fsp3) is 0.357. The topological polar surface area (TPSA) is 79.3 Å². The Labute approximate surface area is 219 Å². The number of nitrogens with one attached hydrogen (secondary N) is 1. The molecule has 1 N–H and O–H groups in total. The van der Waals surface area contributed by atoms with Crippen LogP contribution in [-0.2, 0) is 4.74 Å². The quantitative estimate of drug-likeness (QED) is 0.405. The van der Waals surface area contributed by atoms with Crippen molar-refractivity contribution in [2.75, 3.05) is 56.2 Å². The van der Waals surface area contributed by atoms with Gasteiger partial charge in [-0.25, -0.2) is 13.8 Å². The van der Waals surface area contributed by atoms with Crippen molar-refractivity contribution < 1.29 is 13.5 Å². The SMILES string of the molecule is C#Cc1c(F)ccc2cncc(-c3ncc4c(N(C)C[C@@H]5CCCN5)nc(N5CCOCC5)nc4c3F)c12. The first-order valence-corrected chi connectivity index (χ1v) is 12.7. The molecule has 8 nitrogen and oxygen atoms in total. The van der Waals surface area contributed by atoms with Crippen LogP contribution in [0.25, 0.3) is 32.9 Å². The third kappa shape index (κ3) is 4.27. The molecule has 0 bridgehead atoms. The van der Waals surface area contributed by atoms with Crippen molar-refractivity contribution >= 4 is 33.4 Å². The molecule has 3 aromatic heterocycles. The highest BCUT2D eigenvalue weighted by Crippen LogP contribution is 2.36. The Morgan fingerprint density at radius 3 is 2.79 bits per heavy atom. The van der Waals surface area contributed by atoms with Crippen molar-refractivity contribution in [2.24, 2.45) is 0 Å². The van der Waals surface area contributed by atoms with Crippen LogP contribution in [0.5, 0.6) is 0 Å². The number of anilines is 2. The van der Waals surface area contributed by atoms with E-state index in [0.29, 0.717) is 65.8 Å². The summed E-state index contributed by atoms with van der Waals surface area (Å²) in [5.41, 5.74) is 0.507. The Hall–Kier alpha value is -3.94. The predicted molar refractivity (Wildman–Crippen MR) is 143 cm³/mol. The Kier molecular flexibility index (Phi) is 6.47. The van der Waals surface area contributed by atoms with Gasteiger partial charge in [0.2, 0.25) is 5.95 Å². The summed E-state index contributed by atoms with van der Waals surface area (Å²) in [5.74, 6) is 2.26. The van der Waals surface area contributed by atoms with E-state index in [-0.39, 0.29) is 16.8 Å². The number of nitrogens with zero attached hydrogens (tertiary/aromatic N) is 6. The Morgan fingerprint density at radius 2 is 2.03 bits per heavy atom. The van der Waals surface area contributed by atoms with Crippen LogP contribution < -0.4 is 15.1 Å². The van der Waals surface area contributed by atoms with Crippen molar-refractivity contribution in [3.8, 4) is 23.6 Å². The number of pyridine rings is 2. The number of hydrogen-bond donors (Lipinski definition) is 1. The molecule has 0 aliphatic carbocycles. The number of rotatable bonds is 5. The van der Waals surface area contributed by atoms with E-state index in [9.17, 15) is 4.39 Å². The number of morpholine rings is 1. The van der Waals surface area contributed by atoms with Gasteiger partial charge in [0.1, 0.15) is 22.8 Å². The van der Waals surface area contributed by atoms with Crippen molar-refractivity contribution in [3.63, 3.8) is 0 Å². The number of likely N-dealkylation sites (N-methyl/N-ethyl adjacent to an activating group) is 1. The molecule has 2 fully saturated rings. The summed E-state index contributed by atoms with van der Waals surface area (Å²) in [7, 11) is 1.95. The molecule has 10 heteroatoms. The number of aromatic nitrogens is 4. The molecule has 194 valence electrons. The van der Waals surface area contributed by atoms with E-state index in [1.165, 1.54) is 12.3 Å². The maximum atomic E-state index is 16.4. The van der Waals surface area contributed by atoms with Gasteiger partial charge in [0.15, 0.2) is 5.82 Å². The fourth-order valence-electron chi connectivity index (χ4n) is 5.31. The zero-order valence-corrected chi connectivity index (χ0v) is 21.0. The van der Waals surface area contributed by atoms with Gasteiger partial charge in [0.25, 0.3) is 0 Å². The largest absolute Gasteiger partial charge is 0.378 e. The first-order valence-electron chi connectivity index (χ1n) is 12.7. The highest BCUT2D eigenvalue weighted by Gasteiger charge is 2.25. The van der Waals surface area contributed by atoms with Gasteiger partial charge in [-0.15, -0.1) is 6.42 Å². The van der Waals surface area contributed by atoms with E-state index in [1.54, 1.807) is 18.5 Å². The smallest absolute Gasteiger partial charge is 0.228 e. The van der Waals surface area contributed by atoms with Crippen molar-refractivity contribution in [1.29, 1.82) is 0 Å². The lowest BCUT2D eigenvalue weighted by molar-refractivity contribution is 0.122. The number of benzene rings is 1. The molecule has 6 rings (SSSR count). The van der Waals surface area contributed by atoms with Gasteiger partial charge >= 0.3 is 0 Å². The number of hydrogen-bond acceptors (Lipinski definition) is 8. The van der Waals surface area contributed by atoms with E-state index in [0.717, 1.165) is 25.9 Å². The summed E-state index contributed by atoms with van der Waals surface area (Å²) < 4.78 is 36.5. The second kappa shape index (κ2) is 10.1. The van der Waals surface area contributed by atoms with Crippen LogP contribution in [0.15, 0.2) is 30.7 Å². The summed E-state index contributed by atoms with van der Waals surface area (Å²) in [6, 6.07) is 3.19. The summed E-state index contributed by atoms with van der Waals surface area (Å²) in [6.45, 7) is 4.01. The Balaban J connectivity index is 1.55. The van der Waals surface area contributed by atoms with Crippen LogP contribution in [0.1, 0.15) is 18.4 Å². The zero-order valence-electron chi connectivity index (χ0n) is 21.0. The maximum absolute atomic E-state index is 16.4. The van der Waals surface area contributed by atoms with Gasteiger partial charge in [-0.1, -0.05) is 5.92 Å². The van der Waals surface area contributed by atoms with Gasteiger partial charge in [-0.2, -0.15) is 4.98 Å². The normalized spacial score (nSPS) is 17.7. The molecule has 2 aliphatic heterocycles. The molecule has 1 aromatic carbocycles. The molecular weight excluding hydrogens is 488 g/mol. The van der Waals surface area contributed by atoms with E-state index in [2.05, 4.69) is 26.2 Å². The molecule has 38 heavy (non-hydrogen) atoms. The minimum absolute atomic E-state index is 0.00962. The Bertz CT molecular complexity index is 1560. The third-order valence-corrected chi connectivity index (χ3v) is 7.24. The summed E-state index contributed by atoms with van der Waals surface area (Å²) in [4.78, 5) is 22.3. The highest BCUT2D eigenvalue weighted by atomic mass is 19.1. The van der Waals surface area contributed by atoms with Gasteiger partial charge in [-0.05, 0) is 31.5 Å². The average Bonchev–Trinajstić information content (AvgIpc) is 3.46. The van der Waals surface area contributed by atoms with Crippen LogP contribution in [0, 0.1) is 24.0 Å². The monoisotopic (exact) mass is 515 g/mol. The van der Waals surface area contributed by atoms with Crippen LogP contribution in [-0.4, -0.2) is 72.4 Å². The third-order valence-electron chi connectivity index (χ3n) is 7.24. The second-order valence-electron chi connectivity index (χ2n) is 9.66. The molecule has 0 amide bonds. The lowest BCUT2D eigenvalue weighted by Gasteiger charge is -2.29. The van der Waals surface area contributed by atoms with Crippen molar-refractivity contribution in [3.05, 3.63) is 47.9 Å². The molecule has 4 aromatic rings. The standard InChI is InChI=1S/C28H27F2N7O/c1-3-19-22(29)7-6-17-13-31-14-20(23(17)19)25-24(30)26-21(15-33-25)27(36(2)16-18-5-4-8-32-18)35-28(34-26)37-9-11-38-12-10-37/h1,6-7,13-15,18,32H,4-5,8-12,16H2,2H3/t18-/m0/s1. The van der Waals surface area contributed by atoms with Crippen molar-refractivity contribution in [1.82, 2.24) is 25.3 Å². The van der Waals surface area contributed by atoms with E-state index >= 15 is 4.39 Å². The number of fused-ring (bicyclic) bond motifs is 2. The lowest BCUT2D eigenvalue weighted by atomic mass is 9.98. The van der Waals surface area contributed by atoms with Crippen LogP contribution in [0.4, 0.5) is 20.5 Å².